The molecule has 2 rings (SSSR count). The van der Waals surface area contributed by atoms with Crippen molar-refractivity contribution in [1.82, 2.24) is 15.2 Å². The van der Waals surface area contributed by atoms with Gasteiger partial charge in [-0.25, -0.2) is 0 Å². The zero-order chi connectivity index (χ0) is 12.1. The van der Waals surface area contributed by atoms with E-state index in [1.807, 2.05) is 12.4 Å². The Kier molecular flexibility index (Phi) is 7.15. The Bertz CT molecular complexity index is 356. The van der Waals surface area contributed by atoms with Crippen molar-refractivity contribution in [2.24, 2.45) is 0 Å². The second-order valence-corrected chi connectivity index (χ2v) is 5.54. The number of halogens is 2. The van der Waals surface area contributed by atoms with Crippen molar-refractivity contribution < 1.29 is 0 Å². The highest BCUT2D eigenvalue weighted by Gasteiger charge is 2.21. The Morgan fingerprint density at radius 3 is 2.94 bits per heavy atom. The van der Waals surface area contributed by atoms with Gasteiger partial charge in [0.25, 0.3) is 0 Å². The van der Waals surface area contributed by atoms with Crippen molar-refractivity contribution in [2.75, 3.05) is 19.6 Å². The lowest BCUT2D eigenvalue weighted by molar-refractivity contribution is 0.199. The first kappa shape index (κ1) is 15.9. The third-order valence-electron chi connectivity index (χ3n) is 3.21. The predicted octanol–water partition coefficient (Wildman–Crippen LogP) is 2.84. The Labute approximate surface area is 124 Å². The lowest BCUT2D eigenvalue weighted by Crippen LogP contribution is -2.36. The van der Waals surface area contributed by atoms with Gasteiger partial charge in [-0.3, -0.25) is 9.88 Å². The van der Waals surface area contributed by atoms with Crippen LogP contribution in [0.1, 0.15) is 25.3 Å². The SMILES string of the molecule is CCCN(Cc1cncc(Br)c1)C1CCNC1.Cl. The normalized spacial score (nSPS) is 18.9. The molecule has 102 valence electrons. The average molecular weight is 335 g/mol. The maximum Gasteiger partial charge on any atom is 0.0410 e. The number of aromatic nitrogens is 1. The van der Waals surface area contributed by atoms with Gasteiger partial charge in [-0.2, -0.15) is 0 Å². The van der Waals surface area contributed by atoms with Crippen LogP contribution < -0.4 is 5.32 Å². The van der Waals surface area contributed by atoms with E-state index >= 15 is 0 Å². The largest absolute Gasteiger partial charge is 0.315 e. The summed E-state index contributed by atoms with van der Waals surface area (Å²) < 4.78 is 1.07. The fourth-order valence-electron chi connectivity index (χ4n) is 2.41. The summed E-state index contributed by atoms with van der Waals surface area (Å²) in [5.74, 6) is 0. The van der Waals surface area contributed by atoms with Gasteiger partial charge in [-0.1, -0.05) is 6.92 Å². The molecule has 5 heteroatoms. The van der Waals surface area contributed by atoms with E-state index in [9.17, 15) is 0 Å². The van der Waals surface area contributed by atoms with Crippen LogP contribution in [-0.2, 0) is 6.54 Å². The van der Waals surface area contributed by atoms with Crippen molar-refractivity contribution in [3.63, 3.8) is 0 Å². The van der Waals surface area contributed by atoms with Crippen LogP contribution in [0.2, 0.25) is 0 Å². The van der Waals surface area contributed by atoms with Crippen LogP contribution in [0.5, 0.6) is 0 Å². The van der Waals surface area contributed by atoms with Crippen LogP contribution >= 0.6 is 28.3 Å². The molecular formula is C13H21BrClN3. The van der Waals surface area contributed by atoms with Crippen molar-refractivity contribution in [3.8, 4) is 0 Å². The van der Waals surface area contributed by atoms with E-state index in [4.69, 9.17) is 0 Å². The molecule has 1 aromatic rings. The molecule has 3 nitrogen and oxygen atoms in total. The highest BCUT2D eigenvalue weighted by Crippen LogP contribution is 2.16. The molecule has 2 heterocycles. The average Bonchev–Trinajstić information content (AvgIpc) is 2.82. The summed E-state index contributed by atoms with van der Waals surface area (Å²) in [5.41, 5.74) is 1.29. The number of hydrogen-bond donors (Lipinski definition) is 1. The van der Waals surface area contributed by atoms with Crippen LogP contribution in [0.25, 0.3) is 0 Å². The predicted molar refractivity (Wildman–Crippen MR) is 81.2 cm³/mol. The fraction of sp³-hybridized carbons (Fsp3) is 0.615. The second kappa shape index (κ2) is 8.10. The molecule has 1 aliphatic rings. The van der Waals surface area contributed by atoms with Crippen molar-refractivity contribution in [1.29, 1.82) is 0 Å². The van der Waals surface area contributed by atoms with E-state index < -0.39 is 0 Å². The van der Waals surface area contributed by atoms with E-state index in [0.717, 1.165) is 24.1 Å². The maximum atomic E-state index is 4.23. The third-order valence-corrected chi connectivity index (χ3v) is 3.64. The van der Waals surface area contributed by atoms with Crippen LogP contribution in [-0.4, -0.2) is 35.6 Å². The van der Waals surface area contributed by atoms with Gasteiger partial charge in [0.05, 0.1) is 0 Å². The van der Waals surface area contributed by atoms with Gasteiger partial charge in [0, 0.05) is 36.0 Å². The number of nitrogens with one attached hydrogen (secondary N) is 1. The number of rotatable bonds is 5. The minimum atomic E-state index is 0. The molecular weight excluding hydrogens is 314 g/mol. The minimum absolute atomic E-state index is 0. The quantitative estimate of drug-likeness (QED) is 0.897. The molecule has 0 bridgehead atoms. The van der Waals surface area contributed by atoms with E-state index in [1.165, 1.54) is 24.9 Å². The van der Waals surface area contributed by atoms with E-state index in [0.29, 0.717) is 6.04 Å². The van der Waals surface area contributed by atoms with Crippen molar-refractivity contribution in [3.05, 3.63) is 28.5 Å². The first-order valence-corrected chi connectivity index (χ1v) is 7.13. The molecule has 0 spiro atoms. The Hall–Kier alpha value is -0.160. The van der Waals surface area contributed by atoms with E-state index in [-0.39, 0.29) is 12.4 Å². The van der Waals surface area contributed by atoms with Gasteiger partial charge in [0.1, 0.15) is 0 Å². The van der Waals surface area contributed by atoms with Crippen LogP contribution in [0.4, 0.5) is 0 Å². The molecule has 0 radical (unpaired) electrons. The number of nitrogens with zero attached hydrogens (tertiary/aromatic N) is 2. The minimum Gasteiger partial charge on any atom is -0.315 e. The molecule has 0 aromatic carbocycles. The number of pyridine rings is 1. The van der Waals surface area contributed by atoms with Crippen LogP contribution in [0, 0.1) is 0 Å². The first-order valence-electron chi connectivity index (χ1n) is 6.33. The molecule has 0 saturated carbocycles. The Morgan fingerprint density at radius 2 is 2.33 bits per heavy atom. The zero-order valence-corrected chi connectivity index (χ0v) is 13.1. The summed E-state index contributed by atoms with van der Waals surface area (Å²) in [5, 5.41) is 3.44. The van der Waals surface area contributed by atoms with Gasteiger partial charge in [0.2, 0.25) is 0 Å². The molecule has 1 fully saturated rings. The molecule has 1 atom stereocenters. The Balaban J connectivity index is 0.00000162. The standard InChI is InChI=1S/C13H20BrN3.ClH/c1-2-5-17(13-3-4-15-9-13)10-11-6-12(14)8-16-7-11;/h6-8,13,15H,2-5,9-10H2,1H3;1H. The lowest BCUT2D eigenvalue weighted by Gasteiger charge is -2.27. The van der Waals surface area contributed by atoms with Gasteiger partial charge in [-0.15, -0.1) is 12.4 Å². The number of hydrogen-bond acceptors (Lipinski definition) is 3. The van der Waals surface area contributed by atoms with Crippen LogP contribution in [0.3, 0.4) is 0 Å². The molecule has 1 unspecified atom stereocenters. The molecule has 1 saturated heterocycles. The second-order valence-electron chi connectivity index (χ2n) is 4.63. The summed E-state index contributed by atoms with van der Waals surface area (Å²) in [6.45, 7) is 6.70. The van der Waals surface area contributed by atoms with Crippen molar-refractivity contribution in [2.45, 2.75) is 32.4 Å². The summed E-state index contributed by atoms with van der Waals surface area (Å²) in [4.78, 5) is 6.81. The highest BCUT2D eigenvalue weighted by molar-refractivity contribution is 9.10. The van der Waals surface area contributed by atoms with Crippen molar-refractivity contribution >= 4 is 28.3 Å². The maximum absolute atomic E-state index is 4.23. The highest BCUT2D eigenvalue weighted by atomic mass is 79.9. The first-order chi connectivity index (χ1) is 8.29. The summed E-state index contributed by atoms with van der Waals surface area (Å²) in [6.07, 6.45) is 6.28. The van der Waals surface area contributed by atoms with E-state index in [1.54, 1.807) is 0 Å². The molecule has 18 heavy (non-hydrogen) atoms. The summed E-state index contributed by atoms with van der Waals surface area (Å²) in [6, 6.07) is 2.85. The molecule has 1 N–H and O–H groups in total. The topological polar surface area (TPSA) is 28.2 Å². The summed E-state index contributed by atoms with van der Waals surface area (Å²) in [7, 11) is 0. The fourth-order valence-corrected chi connectivity index (χ4v) is 2.82. The lowest BCUT2D eigenvalue weighted by atomic mass is 10.1. The van der Waals surface area contributed by atoms with E-state index in [2.05, 4.69) is 44.1 Å². The molecule has 0 aliphatic carbocycles. The molecule has 1 aromatic heterocycles. The molecule has 0 amide bonds. The van der Waals surface area contributed by atoms with Crippen LogP contribution in [0.15, 0.2) is 22.9 Å². The Morgan fingerprint density at radius 1 is 1.50 bits per heavy atom. The summed E-state index contributed by atoms with van der Waals surface area (Å²) >= 11 is 3.48. The monoisotopic (exact) mass is 333 g/mol. The van der Waals surface area contributed by atoms with Gasteiger partial charge in [-0.05, 0) is 53.5 Å². The van der Waals surface area contributed by atoms with Gasteiger partial charge >= 0.3 is 0 Å². The zero-order valence-electron chi connectivity index (χ0n) is 10.7. The van der Waals surface area contributed by atoms with Gasteiger partial charge in [0.15, 0.2) is 0 Å². The molecule has 1 aliphatic heterocycles. The smallest absolute Gasteiger partial charge is 0.0410 e. The third kappa shape index (κ3) is 4.50. The van der Waals surface area contributed by atoms with Gasteiger partial charge < -0.3 is 5.32 Å².